The van der Waals surface area contributed by atoms with Gasteiger partial charge in [0.1, 0.15) is 5.82 Å². The predicted molar refractivity (Wildman–Crippen MR) is 84.6 cm³/mol. The van der Waals surface area contributed by atoms with Crippen LogP contribution in [0.5, 0.6) is 0 Å². The third kappa shape index (κ3) is 4.20. The molecule has 1 amide bonds. The lowest BCUT2D eigenvalue weighted by molar-refractivity contribution is 0.102. The molecule has 3 N–H and O–H groups in total. The third-order valence-electron chi connectivity index (χ3n) is 2.52. The van der Waals surface area contributed by atoms with Gasteiger partial charge in [-0.05, 0) is 30.3 Å². The Hall–Kier alpha value is -2.06. The molecule has 0 atom stereocenters. The molecule has 6 heteroatoms. The highest BCUT2D eigenvalue weighted by atomic mass is 35.5. The summed E-state index contributed by atoms with van der Waals surface area (Å²) in [6, 6.07) is 8.05. The van der Waals surface area contributed by atoms with Crippen LogP contribution in [0.4, 0.5) is 5.82 Å². The first-order valence-electron chi connectivity index (χ1n) is 6.01. The molecule has 1 heterocycles. The summed E-state index contributed by atoms with van der Waals surface area (Å²) < 4.78 is 0. The smallest absolute Gasteiger partial charge is 0.256 e. The van der Waals surface area contributed by atoms with Crippen LogP contribution in [-0.2, 0) is 0 Å². The number of nitrogens with two attached hydrogens (primary N) is 1. The van der Waals surface area contributed by atoms with Gasteiger partial charge in [-0.1, -0.05) is 35.0 Å². The Labute approximate surface area is 132 Å². The molecule has 0 bridgehead atoms. The molecule has 1 aromatic carbocycles. The van der Waals surface area contributed by atoms with Gasteiger partial charge < -0.3 is 11.1 Å². The first-order valence-corrected chi connectivity index (χ1v) is 6.77. The van der Waals surface area contributed by atoms with E-state index >= 15 is 0 Å². The monoisotopic (exact) mass is 319 g/mol. The SMILES string of the molecule is NCC#Cc1ccnc(NC(=O)c2ccc(Cl)c(Cl)c2)c1. The standard InChI is InChI=1S/C15H11Cl2N3O/c16-12-4-3-11(9-13(12)17)15(21)20-14-8-10(2-1-6-18)5-7-19-14/h3-5,7-9H,6,18H2,(H,19,20,21). The van der Waals surface area contributed by atoms with Gasteiger partial charge in [-0.15, -0.1) is 0 Å². The molecule has 0 fully saturated rings. The molecule has 2 aromatic rings. The van der Waals surface area contributed by atoms with Crippen molar-refractivity contribution in [1.82, 2.24) is 4.98 Å². The zero-order valence-electron chi connectivity index (χ0n) is 10.9. The van der Waals surface area contributed by atoms with Crippen LogP contribution in [0.15, 0.2) is 36.5 Å². The fourth-order valence-corrected chi connectivity index (χ4v) is 1.85. The van der Waals surface area contributed by atoms with Gasteiger partial charge in [0.05, 0.1) is 16.6 Å². The Morgan fingerprint density at radius 3 is 2.76 bits per heavy atom. The van der Waals surface area contributed by atoms with Crippen LogP contribution in [0.2, 0.25) is 10.0 Å². The van der Waals surface area contributed by atoms with Gasteiger partial charge in [0.2, 0.25) is 0 Å². The van der Waals surface area contributed by atoms with Gasteiger partial charge in [0.15, 0.2) is 0 Å². The molecular formula is C15H11Cl2N3O. The average Bonchev–Trinajstić information content (AvgIpc) is 2.48. The fraction of sp³-hybridized carbons (Fsp3) is 0.0667. The van der Waals surface area contributed by atoms with E-state index in [9.17, 15) is 4.79 Å². The van der Waals surface area contributed by atoms with Gasteiger partial charge in [-0.25, -0.2) is 4.98 Å². The second-order valence-electron chi connectivity index (χ2n) is 4.02. The number of aromatic nitrogens is 1. The number of carbonyl (C=O) groups excluding carboxylic acids is 1. The largest absolute Gasteiger partial charge is 0.320 e. The normalized spacial score (nSPS) is 9.67. The van der Waals surface area contributed by atoms with E-state index in [1.807, 2.05) is 0 Å². The van der Waals surface area contributed by atoms with Crippen LogP contribution in [0.25, 0.3) is 0 Å². The number of benzene rings is 1. The van der Waals surface area contributed by atoms with Gasteiger partial charge >= 0.3 is 0 Å². The quantitative estimate of drug-likeness (QED) is 0.836. The number of pyridine rings is 1. The van der Waals surface area contributed by atoms with Crippen molar-refractivity contribution in [3.63, 3.8) is 0 Å². The lowest BCUT2D eigenvalue weighted by atomic mass is 10.2. The van der Waals surface area contributed by atoms with Crippen molar-refractivity contribution < 1.29 is 4.79 Å². The number of nitrogens with one attached hydrogen (secondary N) is 1. The molecule has 0 aliphatic carbocycles. The van der Waals surface area contributed by atoms with E-state index in [4.69, 9.17) is 28.9 Å². The third-order valence-corrected chi connectivity index (χ3v) is 3.26. The predicted octanol–water partition coefficient (Wildman–Crippen LogP) is 2.95. The van der Waals surface area contributed by atoms with Crippen LogP contribution in [-0.4, -0.2) is 17.4 Å². The molecule has 2 rings (SSSR count). The molecular weight excluding hydrogens is 309 g/mol. The Kier molecular flexibility index (Phi) is 5.18. The van der Waals surface area contributed by atoms with E-state index in [0.717, 1.165) is 5.56 Å². The maximum atomic E-state index is 12.1. The van der Waals surface area contributed by atoms with Crippen LogP contribution in [0.1, 0.15) is 15.9 Å². The van der Waals surface area contributed by atoms with Crippen LogP contribution >= 0.6 is 23.2 Å². The van der Waals surface area contributed by atoms with Gasteiger partial charge in [0, 0.05) is 17.3 Å². The first kappa shape index (κ1) is 15.3. The molecule has 106 valence electrons. The molecule has 0 radical (unpaired) electrons. The molecule has 0 saturated carbocycles. The van der Waals surface area contributed by atoms with E-state index in [1.54, 1.807) is 30.5 Å². The minimum absolute atomic E-state index is 0.271. The van der Waals surface area contributed by atoms with Crippen molar-refractivity contribution in [2.24, 2.45) is 5.73 Å². The summed E-state index contributed by atoms with van der Waals surface area (Å²) in [6.45, 7) is 0.271. The van der Waals surface area contributed by atoms with Crippen LogP contribution < -0.4 is 11.1 Å². The average molecular weight is 320 g/mol. The number of hydrogen-bond acceptors (Lipinski definition) is 3. The minimum Gasteiger partial charge on any atom is -0.320 e. The summed E-state index contributed by atoms with van der Waals surface area (Å²) in [5.41, 5.74) is 6.43. The van der Waals surface area contributed by atoms with Crippen molar-refractivity contribution in [1.29, 1.82) is 0 Å². The Bertz CT molecular complexity index is 735. The molecule has 21 heavy (non-hydrogen) atoms. The van der Waals surface area contributed by atoms with E-state index in [-0.39, 0.29) is 12.5 Å². The molecule has 4 nitrogen and oxygen atoms in total. The summed E-state index contributed by atoms with van der Waals surface area (Å²) in [7, 11) is 0. The number of nitrogens with zero attached hydrogens (tertiary/aromatic N) is 1. The zero-order chi connectivity index (χ0) is 15.2. The maximum Gasteiger partial charge on any atom is 0.256 e. The van der Waals surface area contributed by atoms with Crippen LogP contribution in [0.3, 0.4) is 0 Å². The van der Waals surface area contributed by atoms with Crippen molar-refractivity contribution in [3.05, 3.63) is 57.7 Å². The topological polar surface area (TPSA) is 68.0 Å². The second kappa shape index (κ2) is 7.09. The fourth-order valence-electron chi connectivity index (χ4n) is 1.56. The summed E-state index contributed by atoms with van der Waals surface area (Å²) in [5, 5.41) is 3.38. The highest BCUT2D eigenvalue weighted by Crippen LogP contribution is 2.23. The molecule has 0 unspecified atom stereocenters. The number of anilines is 1. The number of hydrogen-bond donors (Lipinski definition) is 2. The molecule has 0 aliphatic heterocycles. The highest BCUT2D eigenvalue weighted by Gasteiger charge is 2.09. The number of halogens is 2. The van der Waals surface area contributed by atoms with E-state index in [0.29, 0.717) is 21.4 Å². The summed E-state index contributed by atoms with van der Waals surface area (Å²) in [5.74, 6) is 5.67. The van der Waals surface area contributed by atoms with Crippen molar-refractivity contribution >= 4 is 34.9 Å². The molecule has 0 aliphatic rings. The Morgan fingerprint density at radius 1 is 1.24 bits per heavy atom. The number of amides is 1. The number of rotatable bonds is 2. The first-order chi connectivity index (χ1) is 10.1. The maximum absolute atomic E-state index is 12.1. The summed E-state index contributed by atoms with van der Waals surface area (Å²) in [4.78, 5) is 16.2. The van der Waals surface area contributed by atoms with Crippen LogP contribution in [0, 0.1) is 11.8 Å². The van der Waals surface area contributed by atoms with Gasteiger partial charge in [-0.3, -0.25) is 4.79 Å². The lowest BCUT2D eigenvalue weighted by Crippen LogP contribution is -2.13. The van der Waals surface area contributed by atoms with Gasteiger partial charge in [0.25, 0.3) is 5.91 Å². The van der Waals surface area contributed by atoms with Crippen molar-refractivity contribution in [2.75, 3.05) is 11.9 Å². The summed E-state index contributed by atoms with van der Waals surface area (Å²) >= 11 is 11.7. The Balaban J connectivity index is 2.17. The second-order valence-corrected chi connectivity index (χ2v) is 4.83. The molecule has 0 saturated heterocycles. The minimum atomic E-state index is -0.329. The van der Waals surface area contributed by atoms with Gasteiger partial charge in [-0.2, -0.15) is 0 Å². The van der Waals surface area contributed by atoms with Crippen molar-refractivity contribution in [3.8, 4) is 11.8 Å². The van der Waals surface area contributed by atoms with E-state index in [1.165, 1.54) is 6.07 Å². The number of carbonyl (C=O) groups is 1. The summed E-state index contributed by atoms with van der Waals surface area (Å²) in [6.07, 6.45) is 1.56. The van der Waals surface area contributed by atoms with E-state index in [2.05, 4.69) is 22.1 Å². The van der Waals surface area contributed by atoms with Crippen molar-refractivity contribution in [2.45, 2.75) is 0 Å². The van der Waals surface area contributed by atoms with E-state index < -0.39 is 0 Å². The Morgan fingerprint density at radius 2 is 2.05 bits per heavy atom. The zero-order valence-corrected chi connectivity index (χ0v) is 12.4. The molecule has 0 spiro atoms. The lowest BCUT2D eigenvalue weighted by Gasteiger charge is -2.05. The highest BCUT2D eigenvalue weighted by molar-refractivity contribution is 6.42. The molecule has 1 aromatic heterocycles.